The summed E-state index contributed by atoms with van der Waals surface area (Å²) in [5.74, 6) is -0.331. The Bertz CT molecular complexity index is 731. The number of benzene rings is 2. The standard InChI is InChI=1S/C19H21ClN2O2/c1-14-9-10-17(11-18(14)20)22(15(2)23)13-19(24)21(3)12-16-7-5-4-6-8-16/h4-11H,12-13H2,1-3H3. The molecule has 0 saturated carbocycles. The molecule has 126 valence electrons. The lowest BCUT2D eigenvalue weighted by Gasteiger charge is -2.25. The fraction of sp³-hybridized carbons (Fsp3) is 0.263. The second kappa shape index (κ2) is 7.97. The lowest BCUT2D eigenvalue weighted by molar-refractivity contribution is -0.130. The predicted octanol–water partition coefficient (Wildman–Crippen LogP) is 3.66. The van der Waals surface area contributed by atoms with Crippen LogP contribution in [0.3, 0.4) is 0 Å². The van der Waals surface area contributed by atoms with Crippen molar-refractivity contribution in [3.63, 3.8) is 0 Å². The average molecular weight is 345 g/mol. The number of likely N-dealkylation sites (N-methyl/N-ethyl adjacent to an activating group) is 1. The molecule has 0 unspecified atom stereocenters. The maximum Gasteiger partial charge on any atom is 0.242 e. The van der Waals surface area contributed by atoms with Gasteiger partial charge in [-0.05, 0) is 30.2 Å². The number of hydrogen-bond acceptors (Lipinski definition) is 2. The van der Waals surface area contributed by atoms with Crippen LogP contribution in [-0.2, 0) is 16.1 Å². The van der Waals surface area contributed by atoms with Crippen molar-refractivity contribution in [1.82, 2.24) is 4.90 Å². The van der Waals surface area contributed by atoms with Gasteiger partial charge >= 0.3 is 0 Å². The number of amides is 2. The van der Waals surface area contributed by atoms with Crippen LogP contribution in [0.4, 0.5) is 5.69 Å². The van der Waals surface area contributed by atoms with Gasteiger partial charge in [0.2, 0.25) is 11.8 Å². The monoisotopic (exact) mass is 344 g/mol. The van der Waals surface area contributed by atoms with E-state index in [1.165, 1.54) is 11.8 Å². The highest BCUT2D eigenvalue weighted by molar-refractivity contribution is 6.31. The van der Waals surface area contributed by atoms with Gasteiger partial charge in [0.15, 0.2) is 0 Å². The molecule has 0 heterocycles. The van der Waals surface area contributed by atoms with Gasteiger partial charge in [-0.25, -0.2) is 0 Å². The molecule has 4 nitrogen and oxygen atoms in total. The van der Waals surface area contributed by atoms with Crippen LogP contribution in [0, 0.1) is 6.92 Å². The third kappa shape index (κ3) is 4.59. The first-order valence-electron chi connectivity index (χ1n) is 7.70. The number of anilines is 1. The van der Waals surface area contributed by atoms with Crippen molar-refractivity contribution in [2.45, 2.75) is 20.4 Å². The molecule has 2 aromatic rings. The third-order valence-electron chi connectivity index (χ3n) is 3.83. The van der Waals surface area contributed by atoms with Gasteiger partial charge in [-0.3, -0.25) is 9.59 Å². The second-order valence-electron chi connectivity index (χ2n) is 5.77. The van der Waals surface area contributed by atoms with Crippen molar-refractivity contribution in [3.8, 4) is 0 Å². The number of rotatable bonds is 5. The van der Waals surface area contributed by atoms with E-state index >= 15 is 0 Å². The topological polar surface area (TPSA) is 40.6 Å². The zero-order valence-corrected chi connectivity index (χ0v) is 14.9. The lowest BCUT2D eigenvalue weighted by atomic mass is 10.2. The number of carbonyl (C=O) groups excluding carboxylic acids is 2. The quantitative estimate of drug-likeness (QED) is 0.830. The molecule has 0 saturated heterocycles. The Morgan fingerprint density at radius 3 is 2.33 bits per heavy atom. The van der Waals surface area contributed by atoms with E-state index in [1.54, 1.807) is 24.1 Å². The highest BCUT2D eigenvalue weighted by Crippen LogP contribution is 2.23. The minimum absolute atomic E-state index is 0.0158. The second-order valence-corrected chi connectivity index (χ2v) is 6.18. The summed E-state index contributed by atoms with van der Waals surface area (Å²) in [7, 11) is 1.73. The summed E-state index contributed by atoms with van der Waals surface area (Å²) < 4.78 is 0. The van der Waals surface area contributed by atoms with Gasteiger partial charge < -0.3 is 9.80 Å². The largest absolute Gasteiger partial charge is 0.340 e. The smallest absolute Gasteiger partial charge is 0.242 e. The number of hydrogen-bond donors (Lipinski definition) is 0. The van der Waals surface area contributed by atoms with Crippen molar-refractivity contribution >= 4 is 29.1 Å². The van der Waals surface area contributed by atoms with Crippen LogP contribution in [0.15, 0.2) is 48.5 Å². The molecule has 0 aliphatic rings. The first-order valence-corrected chi connectivity index (χ1v) is 8.08. The number of aryl methyl sites for hydroxylation is 1. The Kier molecular flexibility index (Phi) is 5.99. The van der Waals surface area contributed by atoms with E-state index in [9.17, 15) is 9.59 Å². The molecule has 0 N–H and O–H groups in total. The van der Waals surface area contributed by atoms with Crippen LogP contribution >= 0.6 is 11.6 Å². The molecule has 0 radical (unpaired) electrons. The molecular weight excluding hydrogens is 324 g/mol. The summed E-state index contributed by atoms with van der Waals surface area (Å²) in [4.78, 5) is 27.5. The van der Waals surface area contributed by atoms with Crippen molar-refractivity contribution in [3.05, 3.63) is 64.7 Å². The Hall–Kier alpha value is -2.33. The van der Waals surface area contributed by atoms with Gasteiger partial charge in [-0.2, -0.15) is 0 Å². The summed E-state index contributed by atoms with van der Waals surface area (Å²) >= 11 is 6.14. The van der Waals surface area contributed by atoms with Crippen molar-refractivity contribution < 1.29 is 9.59 Å². The van der Waals surface area contributed by atoms with Gasteiger partial charge in [-0.1, -0.05) is 48.0 Å². The lowest BCUT2D eigenvalue weighted by Crippen LogP contribution is -2.40. The predicted molar refractivity (Wildman–Crippen MR) is 97.1 cm³/mol. The van der Waals surface area contributed by atoms with Crippen molar-refractivity contribution in [1.29, 1.82) is 0 Å². The third-order valence-corrected chi connectivity index (χ3v) is 4.24. The molecule has 2 rings (SSSR count). The van der Waals surface area contributed by atoms with Gasteiger partial charge in [0.1, 0.15) is 6.54 Å². The SMILES string of the molecule is CC(=O)N(CC(=O)N(C)Cc1ccccc1)c1ccc(C)c(Cl)c1. The maximum atomic E-state index is 12.5. The highest BCUT2D eigenvalue weighted by Gasteiger charge is 2.19. The molecule has 0 aliphatic carbocycles. The van der Waals surface area contributed by atoms with Gasteiger partial charge in [0.05, 0.1) is 0 Å². The van der Waals surface area contributed by atoms with Crippen LogP contribution in [0.1, 0.15) is 18.1 Å². The van der Waals surface area contributed by atoms with Crippen LogP contribution in [-0.4, -0.2) is 30.3 Å². The van der Waals surface area contributed by atoms with Crippen LogP contribution < -0.4 is 4.90 Å². The molecule has 0 aromatic heterocycles. The fourth-order valence-electron chi connectivity index (χ4n) is 2.34. The first kappa shape index (κ1) is 18.0. The first-order chi connectivity index (χ1) is 11.4. The summed E-state index contributed by atoms with van der Waals surface area (Å²) in [5, 5.41) is 0.573. The summed E-state index contributed by atoms with van der Waals surface area (Å²) in [5.41, 5.74) is 2.59. The van der Waals surface area contributed by atoms with Gasteiger partial charge in [0.25, 0.3) is 0 Å². The molecule has 0 bridgehead atoms. The van der Waals surface area contributed by atoms with E-state index in [0.717, 1.165) is 11.1 Å². The van der Waals surface area contributed by atoms with Crippen LogP contribution in [0.25, 0.3) is 0 Å². The van der Waals surface area contributed by atoms with E-state index in [2.05, 4.69) is 0 Å². The molecule has 0 spiro atoms. The zero-order valence-electron chi connectivity index (χ0n) is 14.1. The Morgan fingerprint density at radius 1 is 1.08 bits per heavy atom. The molecule has 0 atom stereocenters. The normalized spacial score (nSPS) is 10.3. The summed E-state index contributed by atoms with van der Waals surface area (Å²) in [6.07, 6.45) is 0. The van der Waals surface area contributed by atoms with E-state index < -0.39 is 0 Å². The molecule has 2 aromatic carbocycles. The van der Waals surface area contributed by atoms with Crippen molar-refractivity contribution in [2.24, 2.45) is 0 Å². The molecule has 5 heteroatoms. The van der Waals surface area contributed by atoms with E-state index in [-0.39, 0.29) is 18.4 Å². The Balaban J connectivity index is 2.10. The van der Waals surface area contributed by atoms with E-state index in [4.69, 9.17) is 11.6 Å². The average Bonchev–Trinajstić information content (AvgIpc) is 2.55. The molecule has 24 heavy (non-hydrogen) atoms. The molecule has 0 fully saturated rings. The number of nitrogens with zero attached hydrogens (tertiary/aromatic N) is 2. The Morgan fingerprint density at radius 2 is 1.75 bits per heavy atom. The Labute approximate surface area is 147 Å². The zero-order chi connectivity index (χ0) is 17.7. The van der Waals surface area contributed by atoms with Gasteiger partial charge in [0, 0.05) is 31.2 Å². The van der Waals surface area contributed by atoms with Crippen molar-refractivity contribution in [2.75, 3.05) is 18.5 Å². The van der Waals surface area contributed by atoms with E-state index in [1.807, 2.05) is 43.3 Å². The minimum atomic E-state index is -0.198. The number of halogens is 1. The van der Waals surface area contributed by atoms with Crippen LogP contribution in [0.2, 0.25) is 5.02 Å². The maximum absolute atomic E-state index is 12.5. The summed E-state index contributed by atoms with van der Waals surface area (Å²) in [6.45, 7) is 3.82. The fourth-order valence-corrected chi connectivity index (χ4v) is 2.51. The highest BCUT2D eigenvalue weighted by atomic mass is 35.5. The van der Waals surface area contributed by atoms with Crippen LogP contribution in [0.5, 0.6) is 0 Å². The van der Waals surface area contributed by atoms with Gasteiger partial charge in [-0.15, -0.1) is 0 Å². The minimum Gasteiger partial charge on any atom is -0.340 e. The number of carbonyl (C=O) groups is 2. The summed E-state index contributed by atoms with van der Waals surface area (Å²) in [6, 6.07) is 15.1. The molecule has 2 amide bonds. The van der Waals surface area contributed by atoms with E-state index in [0.29, 0.717) is 17.3 Å². The molecular formula is C19H21ClN2O2. The molecule has 0 aliphatic heterocycles.